The Hall–Kier alpha value is -10.0. The summed E-state index contributed by atoms with van der Waals surface area (Å²) in [6, 6.07) is 1.47. The highest BCUT2D eigenvalue weighted by Gasteiger charge is 2.39. The van der Waals surface area contributed by atoms with E-state index in [-0.39, 0.29) is 30.4 Å². The highest BCUT2D eigenvalue weighted by atomic mass is 32.2. The Morgan fingerprint density at radius 1 is 0.636 bits per heavy atom. The summed E-state index contributed by atoms with van der Waals surface area (Å²) in [4.78, 5) is 208. The van der Waals surface area contributed by atoms with Gasteiger partial charge in [0.25, 0.3) is 0 Å². The lowest BCUT2D eigenvalue weighted by molar-refractivity contribution is -0.143. The van der Waals surface area contributed by atoms with E-state index >= 15 is 4.39 Å². The second-order valence-corrected chi connectivity index (χ2v) is 25.2. The smallest absolute Gasteiger partial charge is 0.326 e. The van der Waals surface area contributed by atoms with Gasteiger partial charge in [-0.15, -0.1) is 11.8 Å². The first-order valence-corrected chi connectivity index (χ1v) is 32.3. The fraction of sp³-hybridized carbons (Fsp3) is 0.500. The lowest BCUT2D eigenvalue weighted by Gasteiger charge is -2.41. The molecule has 0 saturated heterocycles. The summed E-state index contributed by atoms with van der Waals surface area (Å²) in [5.74, 6) is -19.4. The van der Waals surface area contributed by atoms with Crippen molar-refractivity contribution in [1.29, 1.82) is 0 Å². The number of hydrogen-bond donors (Lipinski definition) is 14. The molecular weight excluding hydrogens is 1330 g/mol. The van der Waals surface area contributed by atoms with Crippen molar-refractivity contribution in [3.05, 3.63) is 83.7 Å². The van der Waals surface area contributed by atoms with E-state index in [2.05, 4.69) is 42.5 Å². The number of aliphatic carboxylic acids is 3. The first-order valence-electron chi connectivity index (χ1n) is 31.0. The molecule has 9 atom stereocenters. The van der Waals surface area contributed by atoms with Crippen molar-refractivity contribution in [2.24, 2.45) is 17.1 Å². The summed E-state index contributed by atoms with van der Waals surface area (Å²) in [6.45, 7) is 3.57. The molecule has 2 aromatic carbocycles. The molecule has 0 fully saturated rings. The van der Waals surface area contributed by atoms with Gasteiger partial charge in [0.05, 0.1) is 31.7 Å². The van der Waals surface area contributed by atoms with Gasteiger partial charge in [-0.25, -0.2) is 18.4 Å². The number of nitrogens with zero attached hydrogens (tertiary/aromatic N) is 2. The average Bonchev–Trinajstić information content (AvgIpc) is 1.66. The Morgan fingerprint density at radius 3 is 1.75 bits per heavy atom. The third-order valence-electron chi connectivity index (χ3n) is 15.1. The molecule has 1 aromatic heterocycles. The van der Waals surface area contributed by atoms with Crippen molar-refractivity contribution >= 4 is 107 Å². The van der Waals surface area contributed by atoms with Crippen LogP contribution in [0.5, 0.6) is 0 Å². The zero-order valence-corrected chi connectivity index (χ0v) is 56.1. The van der Waals surface area contributed by atoms with Gasteiger partial charge in [-0.05, 0) is 81.0 Å². The number of carbonyl (C=O) groups excluding carboxylic acids is 13. The minimum absolute atomic E-state index is 0.0937. The molecule has 0 aliphatic heterocycles. The van der Waals surface area contributed by atoms with Gasteiger partial charge in [0.15, 0.2) is 5.78 Å². The van der Waals surface area contributed by atoms with Gasteiger partial charge in [-0.1, -0.05) is 51.1 Å². The molecular formula is C64H85F2N11O21S. The van der Waals surface area contributed by atoms with Crippen molar-refractivity contribution in [2.45, 2.75) is 153 Å². The summed E-state index contributed by atoms with van der Waals surface area (Å²) < 4.78 is 32.0. The van der Waals surface area contributed by atoms with Gasteiger partial charge in [-0.3, -0.25) is 62.3 Å². The van der Waals surface area contributed by atoms with E-state index in [1.807, 2.05) is 0 Å². The number of benzene rings is 2. The standard InChI is InChI=1S/C64H85F2N11O21S/c1-34(81)22-45(35(2)82)71-51(84)17-15-44(61(93)94)75-59(91)42(70-55(88)28-69-54(87)27-49(99-6)63(97)98)14-16-52(85)72-46(26-50(67)83)60(92)74-43(58(90)68-20-18-53(86)73-47(62(95)96)23-37(31-78)32-79)19-21-77(56(89)33-80)57(64(3,4)5)48-24-38(40-25-39(65)12-13-41(40)66)30-76(48)29-36-10-8-7-9-11-36/h7-13,24-25,30-31,37,42-47,49,57,79-80H,14-23,26-29,32-33H2,1-6H3,(H2,67,83)(H,68,90)(H,69,87)(H,70,88)(H,71,84)(H,72,85)(H,73,86)(H,74,92)(H,75,91)(H,93,94)(H,95,96)(H,97,98)/t37?,42-,43-,44-,45-,46-,47+,49?,57-/m0/s1. The van der Waals surface area contributed by atoms with E-state index < -0.39 is 250 Å². The van der Waals surface area contributed by atoms with Gasteiger partial charge >= 0.3 is 17.9 Å². The molecule has 2 unspecified atom stereocenters. The molecule has 1 heterocycles. The number of primary amides is 1. The van der Waals surface area contributed by atoms with E-state index in [1.165, 1.54) is 25.4 Å². The molecule has 10 amide bonds. The molecule has 35 heteroatoms. The fourth-order valence-corrected chi connectivity index (χ4v) is 10.6. The molecule has 0 bridgehead atoms. The molecule has 32 nitrogen and oxygen atoms in total. The lowest BCUT2D eigenvalue weighted by Crippen LogP contribution is -2.56. The molecule has 0 spiro atoms. The topological polar surface area (TPSA) is 505 Å². The highest BCUT2D eigenvalue weighted by Crippen LogP contribution is 2.41. The Kier molecular flexibility index (Phi) is 34.1. The molecule has 0 aliphatic carbocycles. The number of thioether (sulfide) groups is 1. The van der Waals surface area contributed by atoms with Gasteiger partial charge in [0, 0.05) is 80.7 Å². The number of Topliss-reactive ketones (excluding diaryl/α,β-unsaturated/α-hetero) is 2. The maximum Gasteiger partial charge on any atom is 0.326 e. The van der Waals surface area contributed by atoms with Crippen molar-refractivity contribution in [3.8, 4) is 11.1 Å². The molecule has 15 N–H and O–H groups in total. The maximum atomic E-state index is 15.5. The van der Waals surface area contributed by atoms with Gasteiger partial charge in [0.2, 0.25) is 59.1 Å². The van der Waals surface area contributed by atoms with Crippen LogP contribution < -0.4 is 48.3 Å². The summed E-state index contributed by atoms with van der Waals surface area (Å²) >= 11 is 0.814. The number of aromatic nitrogens is 1. The van der Waals surface area contributed by atoms with Crippen molar-refractivity contribution < 1.29 is 111 Å². The Morgan fingerprint density at radius 2 is 1.20 bits per heavy atom. The van der Waals surface area contributed by atoms with Crippen LogP contribution in [0.1, 0.15) is 116 Å². The zero-order chi connectivity index (χ0) is 74.4. The van der Waals surface area contributed by atoms with Crippen LogP contribution in [0.25, 0.3) is 11.1 Å². The van der Waals surface area contributed by atoms with Crippen molar-refractivity contribution in [3.63, 3.8) is 0 Å². The minimum Gasteiger partial charge on any atom is -0.480 e. The zero-order valence-electron chi connectivity index (χ0n) is 55.3. The number of nitrogens with one attached hydrogen (secondary N) is 8. The number of hydrogen-bond acceptors (Lipinski definition) is 19. The number of aldehydes is 1. The Balaban J connectivity index is 2.09. The van der Waals surface area contributed by atoms with E-state index in [4.69, 9.17) is 5.73 Å². The Labute approximate surface area is 571 Å². The number of carbonyl (C=O) groups is 16. The molecule has 3 aromatic rings. The molecule has 0 radical (unpaired) electrons. The van der Waals surface area contributed by atoms with E-state index in [1.54, 1.807) is 55.7 Å². The molecule has 99 heavy (non-hydrogen) atoms. The number of halogens is 2. The third kappa shape index (κ3) is 28.5. The predicted molar refractivity (Wildman–Crippen MR) is 348 cm³/mol. The number of nitrogens with two attached hydrogens (primary N) is 1. The number of aliphatic hydroxyl groups is 2. The summed E-state index contributed by atoms with van der Waals surface area (Å²) in [6.07, 6.45) is -3.45. The first kappa shape index (κ1) is 83.2. The van der Waals surface area contributed by atoms with Crippen LogP contribution in [-0.2, 0) is 83.3 Å². The molecule has 0 aliphatic rings. The number of rotatable bonds is 44. The van der Waals surface area contributed by atoms with Crippen molar-refractivity contribution in [2.75, 3.05) is 39.1 Å². The number of ketones is 2. The lowest BCUT2D eigenvalue weighted by atomic mass is 9.82. The summed E-state index contributed by atoms with van der Waals surface area (Å²) in [5, 5.41) is 66.0. The third-order valence-corrected chi connectivity index (χ3v) is 16.0. The molecule has 542 valence electrons. The normalized spacial score (nSPS) is 13.9. The largest absolute Gasteiger partial charge is 0.480 e. The van der Waals surface area contributed by atoms with Gasteiger partial charge in [0.1, 0.15) is 65.8 Å². The first-order chi connectivity index (χ1) is 46.5. The van der Waals surface area contributed by atoms with Gasteiger partial charge < -0.3 is 88.1 Å². The van der Waals surface area contributed by atoms with E-state index in [0.717, 1.165) is 47.3 Å². The van der Waals surface area contributed by atoms with Crippen LogP contribution >= 0.6 is 11.8 Å². The van der Waals surface area contributed by atoms with Crippen LogP contribution in [-0.4, -0.2) is 210 Å². The fourth-order valence-electron chi connectivity index (χ4n) is 10.1. The number of carboxylic acid groups (broad SMARTS) is 3. The van der Waals surface area contributed by atoms with Gasteiger partial charge in [-0.2, -0.15) is 0 Å². The average molecular weight is 1410 g/mol. The number of carboxylic acids is 3. The van der Waals surface area contributed by atoms with Crippen LogP contribution in [0, 0.1) is 23.0 Å². The maximum absolute atomic E-state index is 15.5. The van der Waals surface area contributed by atoms with E-state index in [9.17, 15) is 107 Å². The van der Waals surface area contributed by atoms with Crippen LogP contribution in [0.4, 0.5) is 8.78 Å². The van der Waals surface area contributed by atoms with Crippen LogP contribution in [0.2, 0.25) is 0 Å². The minimum atomic E-state index is -2.01. The number of amides is 10. The summed E-state index contributed by atoms with van der Waals surface area (Å²) in [7, 11) is 0. The quantitative estimate of drug-likeness (QED) is 0.0298. The second kappa shape index (κ2) is 40.6. The number of aliphatic hydroxyl groups excluding tert-OH is 2. The monoisotopic (exact) mass is 1410 g/mol. The molecule has 3 rings (SSSR count). The van der Waals surface area contributed by atoms with Crippen molar-refractivity contribution in [1.82, 2.24) is 52.0 Å². The SMILES string of the molecule is CSC(CC(=O)NCC(=O)N[C@@H](CCC(=O)N[C@@H](CC(N)=O)C(=O)N[C@@H](CCN(C(=O)CO)[C@@H](c1cc(-c2cc(F)ccc2F)cn1Cc1ccccc1)C(C)(C)C)C(=O)NCCC(=O)N[C@H](CC(C=O)CO)C(=O)O)C(=O)N[C@@H](CCC(=O)N[C@@H](CC(C)=O)C(C)=O)C(=O)O)C(=O)O. The predicted octanol–water partition coefficient (Wildman–Crippen LogP) is -1.11. The summed E-state index contributed by atoms with van der Waals surface area (Å²) in [5.41, 5.74) is 5.56. The van der Waals surface area contributed by atoms with Crippen LogP contribution in [0.15, 0.2) is 60.8 Å². The van der Waals surface area contributed by atoms with Crippen LogP contribution in [0.3, 0.4) is 0 Å². The van der Waals surface area contributed by atoms with E-state index in [0.29, 0.717) is 5.69 Å². The second-order valence-electron chi connectivity index (χ2n) is 24.1. The molecule has 0 saturated carbocycles. The Bertz CT molecular complexity index is 3420. The highest BCUT2D eigenvalue weighted by molar-refractivity contribution is 7.99.